The molecule has 0 fully saturated rings. The maximum Gasteiger partial charge on any atom is 0.417 e. The molecule has 2 aromatic carbocycles. The molecule has 39 heavy (non-hydrogen) atoms. The molecular formula is C22H12Cl3F10NO3. The average Bonchev–Trinajstić information content (AvgIpc) is 2.77. The topological polar surface area (TPSA) is 66.4 Å². The van der Waals surface area contributed by atoms with E-state index in [1.165, 1.54) is 0 Å². The number of nitrogens with one attached hydrogen (secondary N) is 1. The summed E-state index contributed by atoms with van der Waals surface area (Å²) in [4.78, 5) is 22.9. The standard InChI is InChI=1S/C22H12Cl3F10NO3/c23-13-4-9(5-14(24)18(13)25)11(20(27,28)29)6-15(26)8-1-2-10(12(3-8)21(30,31)32)19(39)36-16(7-17(37)38)22(33,34)35/h1-6,11,16H,7H2,(H,36,39)(H,37,38)/b15-6-. The lowest BCUT2D eigenvalue weighted by atomic mass is 9.95. The van der Waals surface area contributed by atoms with Gasteiger partial charge in [-0.3, -0.25) is 9.59 Å². The first-order valence-electron chi connectivity index (χ1n) is 10.0. The third-order valence-corrected chi connectivity index (χ3v) is 6.15. The largest absolute Gasteiger partial charge is 0.481 e. The van der Waals surface area contributed by atoms with E-state index in [0.717, 1.165) is 5.32 Å². The minimum absolute atomic E-state index is 0.0875. The van der Waals surface area contributed by atoms with Gasteiger partial charge in [0, 0.05) is 5.56 Å². The van der Waals surface area contributed by atoms with E-state index in [-0.39, 0.29) is 23.2 Å². The molecular weight excluding hydrogens is 623 g/mol. The van der Waals surface area contributed by atoms with Crippen LogP contribution in [0.3, 0.4) is 0 Å². The Labute approximate surface area is 227 Å². The van der Waals surface area contributed by atoms with Gasteiger partial charge in [-0.15, -0.1) is 0 Å². The highest BCUT2D eigenvalue weighted by Gasteiger charge is 2.44. The highest BCUT2D eigenvalue weighted by atomic mass is 35.5. The molecule has 2 atom stereocenters. The van der Waals surface area contributed by atoms with Crippen molar-refractivity contribution in [3.8, 4) is 0 Å². The summed E-state index contributed by atoms with van der Waals surface area (Å²) < 4.78 is 136. The maximum absolute atomic E-state index is 14.9. The lowest BCUT2D eigenvalue weighted by Crippen LogP contribution is -2.47. The zero-order valence-corrected chi connectivity index (χ0v) is 20.8. The highest BCUT2D eigenvalue weighted by molar-refractivity contribution is 6.48. The number of halogens is 13. The molecule has 0 bridgehead atoms. The number of benzene rings is 2. The van der Waals surface area contributed by atoms with Gasteiger partial charge in [0.05, 0.1) is 32.6 Å². The molecule has 4 nitrogen and oxygen atoms in total. The van der Waals surface area contributed by atoms with Crippen LogP contribution >= 0.6 is 34.8 Å². The van der Waals surface area contributed by atoms with Gasteiger partial charge in [-0.25, -0.2) is 4.39 Å². The van der Waals surface area contributed by atoms with Gasteiger partial charge in [-0.05, 0) is 35.9 Å². The molecule has 0 aromatic heterocycles. The highest BCUT2D eigenvalue weighted by Crippen LogP contribution is 2.43. The molecule has 0 saturated heterocycles. The molecule has 0 aliphatic rings. The zero-order valence-electron chi connectivity index (χ0n) is 18.5. The van der Waals surface area contributed by atoms with Crippen molar-refractivity contribution in [3.05, 3.63) is 73.7 Å². The number of carboxylic acid groups (broad SMARTS) is 1. The molecule has 2 aromatic rings. The van der Waals surface area contributed by atoms with Crippen LogP contribution in [0.2, 0.25) is 15.1 Å². The van der Waals surface area contributed by atoms with Crippen molar-refractivity contribution < 1.29 is 58.6 Å². The summed E-state index contributed by atoms with van der Waals surface area (Å²) in [7, 11) is 0. The Kier molecular flexibility index (Phi) is 9.84. The van der Waals surface area contributed by atoms with Gasteiger partial charge in [-0.1, -0.05) is 40.9 Å². The van der Waals surface area contributed by atoms with Crippen LogP contribution in [0, 0.1) is 0 Å². The van der Waals surface area contributed by atoms with Crippen molar-refractivity contribution in [3.63, 3.8) is 0 Å². The fraction of sp³-hybridized carbons (Fsp3) is 0.273. The SMILES string of the molecule is O=C(O)CC(NC(=O)c1ccc(/C(F)=C/C(c2cc(Cl)c(Cl)c(Cl)c2)C(F)(F)F)cc1C(F)(F)F)C(F)(F)F. The van der Waals surface area contributed by atoms with Crippen molar-refractivity contribution in [1.82, 2.24) is 5.32 Å². The van der Waals surface area contributed by atoms with E-state index in [1.54, 1.807) is 0 Å². The Morgan fingerprint density at radius 1 is 0.897 bits per heavy atom. The summed E-state index contributed by atoms with van der Waals surface area (Å²) in [5.74, 6) is -8.68. The second kappa shape index (κ2) is 11.8. The number of carboxylic acids is 1. The molecule has 2 N–H and O–H groups in total. The monoisotopic (exact) mass is 633 g/mol. The maximum atomic E-state index is 14.9. The van der Waals surface area contributed by atoms with Gasteiger partial charge < -0.3 is 10.4 Å². The van der Waals surface area contributed by atoms with Gasteiger partial charge in [0.25, 0.3) is 5.91 Å². The Hall–Kier alpha value is -2.71. The van der Waals surface area contributed by atoms with E-state index in [9.17, 15) is 53.5 Å². The fourth-order valence-corrected chi connectivity index (χ4v) is 3.77. The van der Waals surface area contributed by atoms with Crippen LogP contribution in [0.1, 0.15) is 39.4 Å². The first-order valence-corrected chi connectivity index (χ1v) is 11.2. The van der Waals surface area contributed by atoms with Crippen molar-refractivity contribution >= 4 is 52.5 Å². The Balaban J connectivity index is 2.58. The molecule has 0 radical (unpaired) electrons. The van der Waals surface area contributed by atoms with Crippen molar-refractivity contribution in [2.24, 2.45) is 0 Å². The Morgan fingerprint density at radius 2 is 1.44 bits per heavy atom. The summed E-state index contributed by atoms with van der Waals surface area (Å²) in [5.41, 5.74) is -5.31. The normalized spacial score (nSPS) is 14.6. The van der Waals surface area contributed by atoms with Crippen LogP contribution in [0.15, 0.2) is 36.4 Å². The lowest BCUT2D eigenvalue weighted by molar-refractivity contribution is -0.165. The zero-order chi connectivity index (χ0) is 30.1. The summed E-state index contributed by atoms with van der Waals surface area (Å²) >= 11 is 17.1. The number of aliphatic carboxylic acids is 1. The van der Waals surface area contributed by atoms with Crippen LogP contribution < -0.4 is 5.32 Å². The number of hydrogen-bond donors (Lipinski definition) is 2. The quantitative estimate of drug-likeness (QED) is 0.237. The first-order chi connectivity index (χ1) is 17.6. The van der Waals surface area contributed by atoms with E-state index in [1.807, 2.05) is 0 Å². The van der Waals surface area contributed by atoms with Crippen molar-refractivity contribution in [2.75, 3.05) is 0 Å². The third-order valence-electron chi connectivity index (χ3n) is 4.96. The number of carbonyl (C=O) groups is 2. The molecule has 0 heterocycles. The van der Waals surface area contributed by atoms with E-state index in [2.05, 4.69) is 0 Å². The molecule has 214 valence electrons. The number of alkyl halides is 9. The molecule has 0 saturated carbocycles. The summed E-state index contributed by atoms with van der Waals surface area (Å²) in [6.45, 7) is 0. The number of carbonyl (C=O) groups excluding carboxylic acids is 1. The second-order valence-corrected chi connectivity index (χ2v) is 8.95. The smallest absolute Gasteiger partial charge is 0.417 e. The summed E-state index contributed by atoms with van der Waals surface area (Å²) in [5, 5.41) is 8.52. The number of allylic oxidation sites excluding steroid dienone is 1. The first kappa shape index (κ1) is 32.5. The average molecular weight is 635 g/mol. The van der Waals surface area contributed by atoms with Gasteiger partial charge in [0.2, 0.25) is 0 Å². The Morgan fingerprint density at radius 3 is 1.87 bits per heavy atom. The van der Waals surface area contributed by atoms with Gasteiger partial charge in [0.15, 0.2) is 0 Å². The fourth-order valence-electron chi connectivity index (χ4n) is 3.16. The summed E-state index contributed by atoms with van der Waals surface area (Å²) in [6.07, 6.45) is -17.9. The predicted molar refractivity (Wildman–Crippen MR) is 120 cm³/mol. The van der Waals surface area contributed by atoms with Crippen LogP contribution in [-0.2, 0) is 11.0 Å². The van der Waals surface area contributed by atoms with E-state index < -0.39 is 86.9 Å². The van der Waals surface area contributed by atoms with E-state index >= 15 is 0 Å². The van der Waals surface area contributed by atoms with Crippen LogP contribution in [-0.4, -0.2) is 35.4 Å². The number of amides is 1. The molecule has 17 heteroatoms. The van der Waals surface area contributed by atoms with Gasteiger partial charge in [-0.2, -0.15) is 39.5 Å². The van der Waals surface area contributed by atoms with Crippen molar-refractivity contribution in [1.29, 1.82) is 0 Å². The van der Waals surface area contributed by atoms with Gasteiger partial charge >= 0.3 is 24.5 Å². The van der Waals surface area contributed by atoms with E-state index in [0.29, 0.717) is 18.2 Å². The molecule has 1 amide bonds. The van der Waals surface area contributed by atoms with Crippen molar-refractivity contribution in [2.45, 2.75) is 36.9 Å². The molecule has 2 rings (SSSR count). The Bertz CT molecular complexity index is 1270. The van der Waals surface area contributed by atoms with Crippen LogP contribution in [0.4, 0.5) is 43.9 Å². The lowest BCUT2D eigenvalue weighted by Gasteiger charge is -2.21. The number of hydrogen-bond acceptors (Lipinski definition) is 2. The molecule has 2 unspecified atom stereocenters. The van der Waals surface area contributed by atoms with Crippen LogP contribution in [0.25, 0.3) is 5.83 Å². The second-order valence-electron chi connectivity index (χ2n) is 7.76. The predicted octanol–water partition coefficient (Wildman–Crippen LogP) is 8.46. The molecule has 0 spiro atoms. The summed E-state index contributed by atoms with van der Waals surface area (Å²) in [6, 6.07) is -1.10. The molecule has 0 aliphatic heterocycles. The molecule has 0 aliphatic carbocycles. The van der Waals surface area contributed by atoms with E-state index in [4.69, 9.17) is 39.9 Å². The third kappa shape index (κ3) is 8.39. The van der Waals surface area contributed by atoms with Gasteiger partial charge in [0.1, 0.15) is 17.8 Å². The van der Waals surface area contributed by atoms with Crippen LogP contribution in [0.5, 0.6) is 0 Å². The minimum Gasteiger partial charge on any atom is -0.481 e. The number of rotatable bonds is 7. The minimum atomic E-state index is -5.50.